The number of rotatable bonds is 1. The maximum absolute atomic E-state index is 6.21. The summed E-state index contributed by atoms with van der Waals surface area (Å²) in [6.45, 7) is 4.65. The van der Waals surface area contributed by atoms with E-state index in [1.807, 2.05) is 0 Å². The highest BCUT2D eigenvalue weighted by molar-refractivity contribution is 5.55. The Kier molecular flexibility index (Phi) is 3.70. The molecule has 5 nitrogen and oxygen atoms in total. The summed E-state index contributed by atoms with van der Waals surface area (Å²) in [4.78, 5) is 12.1. The first-order chi connectivity index (χ1) is 12.2. The molecule has 0 amide bonds. The fourth-order valence-corrected chi connectivity index (χ4v) is 5.98. The SMILES string of the molecule is Nc1nc(N2CCCC3(CC2)CNC3)c2c(n1)C1(CCCC1)CCC2. The van der Waals surface area contributed by atoms with Crippen LogP contribution in [0.1, 0.15) is 69.0 Å². The normalized spacial score (nSPS) is 27.1. The van der Waals surface area contributed by atoms with Gasteiger partial charge in [-0.25, -0.2) is 4.98 Å². The second-order valence-corrected chi connectivity index (χ2v) is 9.02. The average molecular weight is 342 g/mol. The van der Waals surface area contributed by atoms with Crippen LogP contribution in [0, 0.1) is 5.41 Å². The quantitative estimate of drug-likeness (QED) is 0.822. The number of aromatic nitrogens is 2. The molecule has 0 unspecified atom stereocenters. The number of fused-ring (bicyclic) bond motifs is 2. The van der Waals surface area contributed by atoms with E-state index in [4.69, 9.17) is 15.7 Å². The van der Waals surface area contributed by atoms with Crippen LogP contribution >= 0.6 is 0 Å². The zero-order chi connectivity index (χ0) is 16.9. The minimum atomic E-state index is 0.310. The van der Waals surface area contributed by atoms with E-state index in [1.165, 1.54) is 88.0 Å². The van der Waals surface area contributed by atoms with Gasteiger partial charge in [0.2, 0.25) is 5.95 Å². The molecule has 3 N–H and O–H groups in total. The van der Waals surface area contributed by atoms with Crippen molar-refractivity contribution >= 4 is 11.8 Å². The van der Waals surface area contributed by atoms with Gasteiger partial charge in [-0.3, -0.25) is 0 Å². The lowest BCUT2D eigenvalue weighted by Gasteiger charge is -2.42. The van der Waals surface area contributed by atoms with Gasteiger partial charge in [0, 0.05) is 37.2 Å². The van der Waals surface area contributed by atoms with E-state index < -0.39 is 0 Å². The van der Waals surface area contributed by atoms with E-state index in [0.717, 1.165) is 19.5 Å². The highest BCUT2D eigenvalue weighted by atomic mass is 15.2. The van der Waals surface area contributed by atoms with Crippen LogP contribution in [0.25, 0.3) is 0 Å². The molecule has 1 aromatic heterocycles. The Morgan fingerprint density at radius 2 is 1.68 bits per heavy atom. The van der Waals surface area contributed by atoms with Crippen molar-refractivity contribution in [2.45, 2.75) is 69.6 Å². The van der Waals surface area contributed by atoms with Crippen LogP contribution in [0.3, 0.4) is 0 Å². The van der Waals surface area contributed by atoms with Gasteiger partial charge < -0.3 is 16.0 Å². The lowest BCUT2D eigenvalue weighted by atomic mass is 9.71. The van der Waals surface area contributed by atoms with Gasteiger partial charge in [0.05, 0.1) is 5.69 Å². The van der Waals surface area contributed by atoms with Gasteiger partial charge in [-0.1, -0.05) is 12.8 Å². The van der Waals surface area contributed by atoms with Gasteiger partial charge in [-0.2, -0.15) is 4.98 Å². The predicted molar refractivity (Wildman–Crippen MR) is 101 cm³/mol. The summed E-state index contributed by atoms with van der Waals surface area (Å²) < 4.78 is 0. The second-order valence-electron chi connectivity index (χ2n) is 9.02. The first-order valence-corrected chi connectivity index (χ1v) is 10.3. The molecular formula is C20H31N5. The third-order valence-electron chi connectivity index (χ3n) is 7.49. The fraction of sp³-hybridized carbons (Fsp3) is 0.800. The van der Waals surface area contributed by atoms with Crippen LogP contribution < -0.4 is 16.0 Å². The van der Waals surface area contributed by atoms with Crippen LogP contribution in [-0.2, 0) is 11.8 Å². The number of hydrogen-bond donors (Lipinski definition) is 2. The predicted octanol–water partition coefficient (Wildman–Crippen LogP) is 2.79. The molecule has 1 saturated carbocycles. The second kappa shape index (κ2) is 5.83. The van der Waals surface area contributed by atoms with Gasteiger partial charge in [-0.05, 0) is 56.8 Å². The number of nitrogens with one attached hydrogen (secondary N) is 1. The molecule has 2 aliphatic heterocycles. The van der Waals surface area contributed by atoms with E-state index in [2.05, 4.69) is 10.2 Å². The van der Waals surface area contributed by atoms with Crippen LogP contribution in [0.5, 0.6) is 0 Å². The number of nitrogens with two attached hydrogens (primary N) is 1. The van der Waals surface area contributed by atoms with Crippen LogP contribution in [-0.4, -0.2) is 36.1 Å². The molecule has 2 saturated heterocycles. The smallest absolute Gasteiger partial charge is 0.222 e. The van der Waals surface area contributed by atoms with Gasteiger partial charge >= 0.3 is 0 Å². The molecule has 2 aliphatic carbocycles. The minimum absolute atomic E-state index is 0.310. The van der Waals surface area contributed by atoms with Crippen LogP contribution in [0.15, 0.2) is 0 Å². The summed E-state index contributed by atoms with van der Waals surface area (Å²) >= 11 is 0. The molecule has 5 heteroatoms. The van der Waals surface area contributed by atoms with E-state index in [1.54, 1.807) is 0 Å². The van der Waals surface area contributed by atoms with Crippen molar-refractivity contribution in [2.75, 3.05) is 36.8 Å². The molecular weight excluding hydrogens is 310 g/mol. The first-order valence-electron chi connectivity index (χ1n) is 10.3. The van der Waals surface area contributed by atoms with Crippen LogP contribution in [0.2, 0.25) is 0 Å². The lowest BCUT2D eigenvalue weighted by Crippen LogP contribution is -2.53. The standard InChI is InChI=1S/C20H31N5/c21-18-23-16-15(5-3-9-20(16)7-1-2-8-20)17(24-18)25-11-4-6-19(10-12-25)13-22-14-19/h22H,1-14H2,(H2,21,23,24). The van der Waals surface area contributed by atoms with Gasteiger partial charge in [0.15, 0.2) is 0 Å². The topological polar surface area (TPSA) is 67.1 Å². The molecule has 0 radical (unpaired) electrons. The molecule has 5 rings (SSSR count). The van der Waals surface area contributed by atoms with E-state index in [9.17, 15) is 0 Å². The highest BCUT2D eigenvalue weighted by Crippen LogP contribution is 2.50. The van der Waals surface area contributed by atoms with Crippen molar-refractivity contribution in [1.82, 2.24) is 15.3 Å². The largest absolute Gasteiger partial charge is 0.368 e. The minimum Gasteiger partial charge on any atom is -0.368 e. The number of anilines is 2. The Balaban J connectivity index is 1.50. The summed E-state index contributed by atoms with van der Waals surface area (Å²) in [5.41, 5.74) is 9.83. The number of nitrogens with zero attached hydrogens (tertiary/aromatic N) is 3. The first kappa shape index (κ1) is 15.9. The van der Waals surface area contributed by atoms with Crippen molar-refractivity contribution in [1.29, 1.82) is 0 Å². The zero-order valence-corrected chi connectivity index (χ0v) is 15.3. The number of nitrogen functional groups attached to an aromatic ring is 1. The molecule has 1 aromatic rings. The Morgan fingerprint density at radius 1 is 0.880 bits per heavy atom. The summed E-state index contributed by atoms with van der Waals surface area (Å²) in [7, 11) is 0. The van der Waals surface area contributed by atoms with Crippen molar-refractivity contribution in [3.63, 3.8) is 0 Å². The van der Waals surface area contributed by atoms with E-state index in [-0.39, 0.29) is 0 Å². The maximum atomic E-state index is 6.21. The van der Waals surface area contributed by atoms with Gasteiger partial charge in [-0.15, -0.1) is 0 Å². The molecule has 0 aromatic carbocycles. The Labute approximate surface area is 150 Å². The molecule has 136 valence electrons. The van der Waals surface area contributed by atoms with Crippen molar-refractivity contribution in [3.05, 3.63) is 11.3 Å². The zero-order valence-electron chi connectivity index (χ0n) is 15.3. The van der Waals surface area contributed by atoms with Crippen molar-refractivity contribution in [2.24, 2.45) is 5.41 Å². The van der Waals surface area contributed by atoms with E-state index in [0.29, 0.717) is 16.8 Å². The summed E-state index contributed by atoms with van der Waals surface area (Å²) in [6, 6.07) is 0. The summed E-state index contributed by atoms with van der Waals surface area (Å²) in [5, 5.41) is 3.48. The molecule has 25 heavy (non-hydrogen) atoms. The third kappa shape index (κ3) is 2.54. The Bertz CT molecular complexity index is 660. The Morgan fingerprint density at radius 3 is 2.44 bits per heavy atom. The Hall–Kier alpha value is -1.36. The van der Waals surface area contributed by atoms with Gasteiger partial charge in [0.25, 0.3) is 0 Å². The molecule has 3 fully saturated rings. The van der Waals surface area contributed by atoms with Crippen LogP contribution in [0.4, 0.5) is 11.8 Å². The molecule has 0 bridgehead atoms. The lowest BCUT2D eigenvalue weighted by molar-refractivity contribution is 0.147. The third-order valence-corrected chi connectivity index (χ3v) is 7.49. The summed E-state index contributed by atoms with van der Waals surface area (Å²) in [6.07, 6.45) is 12.9. The molecule has 0 atom stereocenters. The van der Waals surface area contributed by atoms with Gasteiger partial charge in [0.1, 0.15) is 5.82 Å². The summed E-state index contributed by atoms with van der Waals surface area (Å²) in [5.74, 6) is 1.67. The number of hydrogen-bond acceptors (Lipinski definition) is 5. The fourth-order valence-electron chi connectivity index (χ4n) is 5.98. The average Bonchev–Trinajstić information content (AvgIpc) is 2.91. The molecule has 4 aliphatic rings. The molecule has 2 spiro atoms. The molecule has 3 heterocycles. The maximum Gasteiger partial charge on any atom is 0.222 e. The van der Waals surface area contributed by atoms with Crippen molar-refractivity contribution < 1.29 is 0 Å². The monoisotopic (exact) mass is 341 g/mol. The highest BCUT2D eigenvalue weighted by Gasteiger charge is 2.43. The van der Waals surface area contributed by atoms with E-state index >= 15 is 0 Å². The van der Waals surface area contributed by atoms with Crippen molar-refractivity contribution in [3.8, 4) is 0 Å².